The predicted molar refractivity (Wildman–Crippen MR) is 102 cm³/mol. The van der Waals surface area contributed by atoms with E-state index in [-0.39, 0.29) is 11.8 Å². The van der Waals surface area contributed by atoms with Gasteiger partial charge < -0.3 is 20.9 Å². The van der Waals surface area contributed by atoms with Crippen molar-refractivity contribution in [2.45, 2.75) is 44.7 Å². The number of nitrogens with zero attached hydrogens (tertiary/aromatic N) is 2. The number of nitrogens with one attached hydrogen (secondary N) is 1. The summed E-state index contributed by atoms with van der Waals surface area (Å²) in [5, 5.41) is 2.59. The number of hydrogen-bond donors (Lipinski definition) is 2. The molecule has 0 saturated heterocycles. The van der Waals surface area contributed by atoms with Gasteiger partial charge in [-0.3, -0.25) is 14.4 Å². The lowest BCUT2D eigenvalue weighted by Gasteiger charge is -2.25. The number of para-hydroxylation sites is 2. The summed E-state index contributed by atoms with van der Waals surface area (Å²) in [7, 11) is 0. The summed E-state index contributed by atoms with van der Waals surface area (Å²) in [6, 6.07) is 5.52. The van der Waals surface area contributed by atoms with Gasteiger partial charge in [-0.1, -0.05) is 12.1 Å². The number of anilines is 2. The first-order chi connectivity index (χ1) is 13.0. The summed E-state index contributed by atoms with van der Waals surface area (Å²) in [6.45, 7) is 2.69. The summed E-state index contributed by atoms with van der Waals surface area (Å²) in [5.41, 5.74) is 7.16. The Morgan fingerprint density at radius 3 is 1.85 bits per heavy atom. The molecule has 0 bridgehead atoms. The van der Waals surface area contributed by atoms with E-state index in [2.05, 4.69) is 5.32 Å². The first-order valence-electron chi connectivity index (χ1n) is 9.73. The molecule has 2 aliphatic carbocycles. The van der Waals surface area contributed by atoms with E-state index < -0.39 is 18.0 Å². The van der Waals surface area contributed by atoms with Crippen molar-refractivity contribution in [2.24, 2.45) is 17.6 Å². The van der Waals surface area contributed by atoms with Gasteiger partial charge >= 0.3 is 0 Å². The van der Waals surface area contributed by atoms with E-state index in [0.29, 0.717) is 24.9 Å². The highest BCUT2D eigenvalue weighted by molar-refractivity contribution is 6.21. The molecule has 3 amide bonds. The van der Waals surface area contributed by atoms with Crippen LogP contribution in [0.2, 0.25) is 0 Å². The number of nitrogens with two attached hydrogens (primary N) is 1. The quantitative estimate of drug-likeness (QED) is 0.731. The Hall–Kier alpha value is -2.41. The third kappa shape index (κ3) is 3.69. The number of rotatable bonds is 6. The summed E-state index contributed by atoms with van der Waals surface area (Å²) in [5.74, 6) is -0.322. The molecule has 1 aromatic rings. The minimum absolute atomic E-state index is 0.369. The number of benzene rings is 1. The first kappa shape index (κ1) is 18.0. The molecule has 0 spiro atoms. The van der Waals surface area contributed by atoms with Crippen molar-refractivity contribution in [3.8, 4) is 0 Å². The minimum atomic E-state index is -1.23. The third-order valence-electron chi connectivity index (χ3n) is 5.46. The van der Waals surface area contributed by atoms with Gasteiger partial charge in [0.25, 0.3) is 11.8 Å². The molecule has 2 fully saturated rings. The lowest BCUT2D eigenvalue weighted by Crippen LogP contribution is -2.58. The highest BCUT2D eigenvalue weighted by Gasteiger charge is 2.44. The second-order valence-electron chi connectivity index (χ2n) is 8.00. The Kier molecular flexibility index (Phi) is 4.63. The summed E-state index contributed by atoms with van der Waals surface area (Å²) in [4.78, 5) is 42.2. The van der Waals surface area contributed by atoms with Gasteiger partial charge in [-0.25, -0.2) is 0 Å². The standard InChI is InChI=1S/C20H26N4O3/c1-12(21)18(25)22-17-19(26)23(10-13-6-7-13)15-4-2-3-5-16(15)24(20(17)27)11-14-8-9-14/h2-5,12-14,17H,6-11,21H2,1H3,(H,22,25)/t12-/m0/s1. The molecule has 1 heterocycles. The molecule has 3 N–H and O–H groups in total. The molecule has 0 radical (unpaired) electrons. The van der Waals surface area contributed by atoms with Crippen LogP contribution < -0.4 is 20.9 Å². The molecule has 3 aliphatic rings. The zero-order valence-electron chi connectivity index (χ0n) is 15.6. The Morgan fingerprint density at radius 2 is 1.48 bits per heavy atom. The SMILES string of the molecule is C[C@H](N)C(=O)NC1C(=O)N(CC2CC2)c2ccccc2N(CC2CC2)C1=O. The molecule has 27 heavy (non-hydrogen) atoms. The lowest BCUT2D eigenvalue weighted by atomic mass is 10.2. The van der Waals surface area contributed by atoms with Crippen LogP contribution in [0, 0.1) is 11.8 Å². The van der Waals surface area contributed by atoms with Crippen LogP contribution in [0.25, 0.3) is 0 Å². The molecule has 7 heteroatoms. The molecule has 1 atom stereocenters. The first-order valence-corrected chi connectivity index (χ1v) is 9.73. The summed E-state index contributed by atoms with van der Waals surface area (Å²) >= 11 is 0. The second kappa shape index (κ2) is 6.96. The van der Waals surface area contributed by atoms with Crippen LogP contribution >= 0.6 is 0 Å². The van der Waals surface area contributed by atoms with Gasteiger partial charge in [0.15, 0.2) is 6.04 Å². The maximum absolute atomic E-state index is 13.3. The highest BCUT2D eigenvalue weighted by Crippen LogP contribution is 2.39. The topological polar surface area (TPSA) is 95.7 Å². The molecule has 4 rings (SSSR count). The van der Waals surface area contributed by atoms with Gasteiger partial charge in [0.05, 0.1) is 17.4 Å². The van der Waals surface area contributed by atoms with Gasteiger partial charge in [0.2, 0.25) is 5.91 Å². The minimum Gasteiger partial charge on any atom is -0.335 e. The van der Waals surface area contributed by atoms with E-state index >= 15 is 0 Å². The van der Waals surface area contributed by atoms with E-state index in [0.717, 1.165) is 37.1 Å². The maximum Gasteiger partial charge on any atom is 0.259 e. The Bertz CT molecular complexity index is 717. The van der Waals surface area contributed by atoms with Gasteiger partial charge in [-0.15, -0.1) is 0 Å². The van der Waals surface area contributed by atoms with E-state index in [1.165, 1.54) is 0 Å². The van der Waals surface area contributed by atoms with Crippen LogP contribution in [0.1, 0.15) is 32.6 Å². The number of hydrogen-bond acceptors (Lipinski definition) is 4. The van der Waals surface area contributed by atoms with E-state index in [1.807, 2.05) is 24.3 Å². The average Bonchev–Trinajstić information content (AvgIpc) is 3.55. The Labute approximate surface area is 158 Å². The monoisotopic (exact) mass is 370 g/mol. The maximum atomic E-state index is 13.3. The van der Waals surface area contributed by atoms with E-state index in [4.69, 9.17) is 5.73 Å². The van der Waals surface area contributed by atoms with E-state index in [1.54, 1.807) is 16.7 Å². The van der Waals surface area contributed by atoms with Crippen molar-refractivity contribution >= 4 is 29.1 Å². The van der Waals surface area contributed by atoms with Crippen molar-refractivity contribution in [2.75, 3.05) is 22.9 Å². The fourth-order valence-electron chi connectivity index (χ4n) is 3.47. The molecular weight excluding hydrogens is 344 g/mol. The van der Waals surface area contributed by atoms with Gasteiger partial charge in [-0.2, -0.15) is 0 Å². The van der Waals surface area contributed by atoms with Crippen molar-refractivity contribution in [1.29, 1.82) is 0 Å². The molecule has 144 valence electrons. The van der Waals surface area contributed by atoms with Crippen molar-refractivity contribution in [3.05, 3.63) is 24.3 Å². The second-order valence-corrected chi connectivity index (χ2v) is 8.00. The number of amides is 3. The molecule has 7 nitrogen and oxygen atoms in total. The van der Waals surface area contributed by atoms with Crippen molar-refractivity contribution < 1.29 is 14.4 Å². The van der Waals surface area contributed by atoms with Crippen molar-refractivity contribution in [1.82, 2.24) is 5.32 Å². The fourth-order valence-corrected chi connectivity index (χ4v) is 3.47. The molecule has 0 unspecified atom stereocenters. The molecular formula is C20H26N4O3. The predicted octanol–water partition coefficient (Wildman–Crippen LogP) is 1.02. The third-order valence-corrected chi connectivity index (χ3v) is 5.46. The normalized spacial score (nSPS) is 21.7. The number of carbonyl (C=O) groups is 3. The molecule has 2 saturated carbocycles. The van der Waals surface area contributed by atoms with Crippen LogP contribution in [-0.2, 0) is 14.4 Å². The van der Waals surface area contributed by atoms with Crippen LogP contribution in [0.4, 0.5) is 11.4 Å². The average molecular weight is 370 g/mol. The van der Waals surface area contributed by atoms with Crippen LogP contribution in [0.15, 0.2) is 24.3 Å². The van der Waals surface area contributed by atoms with Crippen LogP contribution in [-0.4, -0.2) is 42.9 Å². The summed E-state index contributed by atoms with van der Waals surface area (Å²) < 4.78 is 0. The fraction of sp³-hybridized carbons (Fsp3) is 0.550. The van der Waals surface area contributed by atoms with Gasteiger partial charge in [0.1, 0.15) is 0 Å². The van der Waals surface area contributed by atoms with Crippen LogP contribution in [0.3, 0.4) is 0 Å². The smallest absolute Gasteiger partial charge is 0.259 e. The largest absolute Gasteiger partial charge is 0.335 e. The molecule has 1 aromatic carbocycles. The van der Waals surface area contributed by atoms with Gasteiger partial charge in [0, 0.05) is 13.1 Å². The zero-order chi connectivity index (χ0) is 19.1. The number of carbonyl (C=O) groups excluding carboxylic acids is 3. The Morgan fingerprint density at radius 1 is 1.04 bits per heavy atom. The molecule has 1 aliphatic heterocycles. The van der Waals surface area contributed by atoms with Crippen LogP contribution in [0.5, 0.6) is 0 Å². The van der Waals surface area contributed by atoms with Crippen molar-refractivity contribution in [3.63, 3.8) is 0 Å². The number of fused-ring (bicyclic) bond motifs is 1. The van der Waals surface area contributed by atoms with Gasteiger partial charge in [-0.05, 0) is 56.6 Å². The molecule has 0 aromatic heterocycles. The van der Waals surface area contributed by atoms with E-state index in [9.17, 15) is 14.4 Å². The highest BCUT2D eigenvalue weighted by atomic mass is 16.2. The Balaban J connectivity index is 1.73. The summed E-state index contributed by atoms with van der Waals surface area (Å²) in [6.07, 6.45) is 4.34. The lowest BCUT2D eigenvalue weighted by molar-refractivity contribution is -0.134. The zero-order valence-corrected chi connectivity index (χ0v) is 15.6.